The molecule has 0 saturated carbocycles. The van der Waals surface area contributed by atoms with E-state index in [9.17, 15) is 4.39 Å². The molecule has 2 N–H and O–H groups in total. The minimum atomic E-state index is -0.636. The smallest absolute Gasteiger partial charge is 0.163 e. The maximum absolute atomic E-state index is 14.3. The molecule has 0 heterocycles. The molecule has 1 atom stereocenters. The molecule has 0 fully saturated rings. The van der Waals surface area contributed by atoms with Gasteiger partial charge in [-0.15, -0.1) is 0 Å². The Morgan fingerprint density at radius 1 is 1.10 bits per heavy atom. The molecule has 21 heavy (non-hydrogen) atoms. The third-order valence-electron chi connectivity index (χ3n) is 3.48. The average Bonchev–Trinajstić information content (AvgIpc) is 2.49. The van der Waals surface area contributed by atoms with Crippen molar-refractivity contribution in [2.24, 2.45) is 5.73 Å². The molecular formula is C16H17ClFNO2. The molecule has 0 radical (unpaired) electrons. The van der Waals surface area contributed by atoms with Crippen molar-refractivity contribution in [3.8, 4) is 11.5 Å². The largest absolute Gasteiger partial charge is 0.493 e. The van der Waals surface area contributed by atoms with Gasteiger partial charge in [-0.05, 0) is 30.2 Å². The first-order chi connectivity index (χ1) is 9.99. The van der Waals surface area contributed by atoms with Crippen LogP contribution in [0.1, 0.15) is 22.7 Å². The molecule has 2 aromatic rings. The number of hydrogen-bond acceptors (Lipinski definition) is 3. The number of benzene rings is 2. The summed E-state index contributed by atoms with van der Waals surface area (Å²) in [6, 6.07) is 7.60. The van der Waals surface area contributed by atoms with Crippen molar-refractivity contribution in [1.29, 1.82) is 0 Å². The lowest BCUT2D eigenvalue weighted by atomic mass is 9.95. The molecule has 0 aliphatic carbocycles. The molecule has 0 bridgehead atoms. The molecule has 0 aromatic heterocycles. The highest BCUT2D eigenvalue weighted by atomic mass is 35.5. The van der Waals surface area contributed by atoms with E-state index < -0.39 is 11.9 Å². The van der Waals surface area contributed by atoms with Gasteiger partial charge in [0, 0.05) is 16.7 Å². The first-order valence-corrected chi connectivity index (χ1v) is 6.79. The minimum Gasteiger partial charge on any atom is -0.493 e. The minimum absolute atomic E-state index is 0.328. The van der Waals surface area contributed by atoms with Crippen molar-refractivity contribution < 1.29 is 13.9 Å². The normalized spacial score (nSPS) is 12.1. The zero-order chi connectivity index (χ0) is 15.6. The van der Waals surface area contributed by atoms with Gasteiger partial charge in [0.15, 0.2) is 11.5 Å². The summed E-state index contributed by atoms with van der Waals surface area (Å²) in [5.74, 6) is 0.317. The highest BCUT2D eigenvalue weighted by Crippen LogP contribution is 2.35. The van der Waals surface area contributed by atoms with E-state index in [2.05, 4.69) is 0 Å². The van der Waals surface area contributed by atoms with E-state index in [1.165, 1.54) is 20.3 Å². The van der Waals surface area contributed by atoms with E-state index in [1.807, 2.05) is 13.0 Å². The molecule has 2 rings (SSSR count). The van der Waals surface area contributed by atoms with Gasteiger partial charge < -0.3 is 15.2 Å². The predicted octanol–water partition coefficient (Wildman–Crippen LogP) is 3.85. The lowest BCUT2D eigenvalue weighted by molar-refractivity contribution is 0.351. The van der Waals surface area contributed by atoms with Crippen LogP contribution in [0.3, 0.4) is 0 Å². The summed E-state index contributed by atoms with van der Waals surface area (Å²) in [5, 5.41) is 0.601. The van der Waals surface area contributed by atoms with Crippen LogP contribution in [0.5, 0.6) is 11.5 Å². The predicted molar refractivity (Wildman–Crippen MR) is 81.7 cm³/mol. The van der Waals surface area contributed by atoms with Crippen LogP contribution < -0.4 is 15.2 Å². The molecule has 0 aliphatic rings. The second-order valence-corrected chi connectivity index (χ2v) is 5.07. The monoisotopic (exact) mass is 309 g/mol. The molecule has 112 valence electrons. The molecule has 3 nitrogen and oxygen atoms in total. The lowest BCUT2D eigenvalue weighted by Gasteiger charge is -2.18. The van der Waals surface area contributed by atoms with Crippen LogP contribution in [0.15, 0.2) is 30.3 Å². The van der Waals surface area contributed by atoms with Crippen LogP contribution in [0, 0.1) is 12.7 Å². The fourth-order valence-electron chi connectivity index (χ4n) is 2.24. The summed E-state index contributed by atoms with van der Waals surface area (Å²) >= 11 is 6.10. The summed E-state index contributed by atoms with van der Waals surface area (Å²) < 4.78 is 24.5. The Labute approximate surface area is 128 Å². The van der Waals surface area contributed by atoms with E-state index >= 15 is 0 Å². The van der Waals surface area contributed by atoms with Gasteiger partial charge in [-0.2, -0.15) is 0 Å². The molecule has 5 heteroatoms. The van der Waals surface area contributed by atoms with Gasteiger partial charge in [-0.1, -0.05) is 23.7 Å². The number of ether oxygens (including phenoxy) is 2. The van der Waals surface area contributed by atoms with Gasteiger partial charge in [-0.25, -0.2) is 4.39 Å². The Morgan fingerprint density at radius 2 is 1.71 bits per heavy atom. The quantitative estimate of drug-likeness (QED) is 0.933. The van der Waals surface area contributed by atoms with Crippen molar-refractivity contribution in [3.63, 3.8) is 0 Å². The summed E-state index contributed by atoms with van der Waals surface area (Å²) in [4.78, 5) is 0. The van der Waals surface area contributed by atoms with E-state index in [0.717, 1.165) is 11.1 Å². The van der Waals surface area contributed by atoms with Gasteiger partial charge >= 0.3 is 0 Å². The van der Waals surface area contributed by atoms with Crippen molar-refractivity contribution in [2.75, 3.05) is 14.2 Å². The first kappa shape index (κ1) is 15.6. The van der Waals surface area contributed by atoms with Crippen LogP contribution in [0.25, 0.3) is 0 Å². The van der Waals surface area contributed by atoms with E-state index in [1.54, 1.807) is 18.2 Å². The van der Waals surface area contributed by atoms with Gasteiger partial charge in [0.05, 0.1) is 20.3 Å². The zero-order valence-corrected chi connectivity index (χ0v) is 12.9. The molecule has 0 spiro atoms. The second-order valence-electron chi connectivity index (χ2n) is 4.66. The van der Waals surface area contributed by atoms with Gasteiger partial charge in [-0.3, -0.25) is 0 Å². The van der Waals surface area contributed by atoms with Gasteiger partial charge in [0.25, 0.3) is 0 Å². The molecular weight excluding hydrogens is 293 g/mol. The van der Waals surface area contributed by atoms with E-state index in [-0.39, 0.29) is 0 Å². The Bertz CT molecular complexity index is 661. The van der Waals surface area contributed by atoms with E-state index in [0.29, 0.717) is 22.1 Å². The van der Waals surface area contributed by atoms with Crippen LogP contribution in [-0.2, 0) is 0 Å². The molecule has 2 aromatic carbocycles. The Balaban J connectivity index is 2.53. The zero-order valence-electron chi connectivity index (χ0n) is 12.1. The Kier molecular flexibility index (Phi) is 4.70. The molecule has 0 saturated heterocycles. The second kappa shape index (κ2) is 6.33. The standard InChI is InChI=1S/C16H17ClFNO2/c1-9-10(5-4-6-12(9)17)16(19)11-7-14(20-2)15(21-3)8-13(11)18/h4-8,16H,19H2,1-3H3. The maximum atomic E-state index is 14.3. The number of hydrogen-bond donors (Lipinski definition) is 1. The number of halogens is 2. The molecule has 1 unspecified atom stereocenters. The first-order valence-electron chi connectivity index (χ1n) is 6.41. The third kappa shape index (κ3) is 2.96. The van der Waals surface area contributed by atoms with Crippen LogP contribution in [0.4, 0.5) is 4.39 Å². The summed E-state index contributed by atoms with van der Waals surface area (Å²) in [6.07, 6.45) is 0. The molecule has 0 aliphatic heterocycles. The highest BCUT2D eigenvalue weighted by molar-refractivity contribution is 6.31. The number of methoxy groups -OCH3 is 2. The SMILES string of the molecule is COc1cc(F)c(C(N)c2cccc(Cl)c2C)cc1OC. The summed E-state index contributed by atoms with van der Waals surface area (Å²) in [5.41, 5.74) is 8.14. The van der Waals surface area contributed by atoms with Gasteiger partial charge in [0.1, 0.15) is 5.82 Å². The van der Waals surface area contributed by atoms with Crippen LogP contribution in [0.2, 0.25) is 5.02 Å². The van der Waals surface area contributed by atoms with Crippen molar-refractivity contribution in [3.05, 3.63) is 57.9 Å². The Hall–Kier alpha value is -1.78. The lowest BCUT2D eigenvalue weighted by Crippen LogP contribution is -2.15. The number of rotatable bonds is 4. The fourth-order valence-corrected chi connectivity index (χ4v) is 2.42. The van der Waals surface area contributed by atoms with Gasteiger partial charge in [0.2, 0.25) is 0 Å². The van der Waals surface area contributed by atoms with Crippen molar-refractivity contribution in [2.45, 2.75) is 13.0 Å². The maximum Gasteiger partial charge on any atom is 0.163 e. The summed E-state index contributed by atoms with van der Waals surface area (Å²) in [6.45, 7) is 1.86. The third-order valence-corrected chi connectivity index (χ3v) is 3.89. The summed E-state index contributed by atoms with van der Waals surface area (Å²) in [7, 11) is 2.95. The average molecular weight is 310 g/mol. The van der Waals surface area contributed by atoms with Crippen molar-refractivity contribution >= 4 is 11.6 Å². The Morgan fingerprint density at radius 3 is 2.33 bits per heavy atom. The van der Waals surface area contributed by atoms with E-state index in [4.69, 9.17) is 26.8 Å². The highest BCUT2D eigenvalue weighted by Gasteiger charge is 2.19. The topological polar surface area (TPSA) is 44.5 Å². The fraction of sp³-hybridized carbons (Fsp3) is 0.250. The molecule has 0 amide bonds. The van der Waals surface area contributed by atoms with Crippen molar-refractivity contribution in [1.82, 2.24) is 0 Å². The van der Waals surface area contributed by atoms with Crippen LogP contribution >= 0.6 is 11.6 Å². The van der Waals surface area contributed by atoms with Crippen LogP contribution in [-0.4, -0.2) is 14.2 Å². The number of nitrogens with two attached hydrogens (primary N) is 1.